The monoisotopic (exact) mass is 405 g/mol. The number of halogens is 4. The van der Waals surface area contributed by atoms with Gasteiger partial charge in [0.1, 0.15) is 5.82 Å². The minimum atomic E-state index is -4.30. The Bertz CT molecular complexity index is 954. The summed E-state index contributed by atoms with van der Waals surface area (Å²) in [7, 11) is 0. The van der Waals surface area contributed by atoms with Gasteiger partial charge in [-0.05, 0) is 67.4 Å². The first-order valence-corrected chi connectivity index (χ1v) is 9.80. The number of aryl methyl sites for hydroxylation is 1. The van der Waals surface area contributed by atoms with E-state index in [9.17, 15) is 17.6 Å². The Morgan fingerprint density at radius 2 is 1.66 bits per heavy atom. The van der Waals surface area contributed by atoms with Crippen LogP contribution in [0, 0.1) is 5.82 Å². The molecule has 0 bridgehead atoms. The smallest absolute Gasteiger partial charge is 0.369 e. The number of anilines is 1. The second-order valence-electron chi connectivity index (χ2n) is 7.48. The summed E-state index contributed by atoms with van der Waals surface area (Å²) in [6.07, 6.45) is -0.493. The second-order valence-corrected chi connectivity index (χ2v) is 7.48. The quantitative estimate of drug-likeness (QED) is 0.598. The summed E-state index contributed by atoms with van der Waals surface area (Å²) < 4.78 is 51.6. The van der Waals surface area contributed by atoms with E-state index in [1.165, 1.54) is 6.07 Å². The van der Waals surface area contributed by atoms with Crippen LogP contribution in [0.1, 0.15) is 17.5 Å². The Kier molecular flexibility index (Phi) is 5.50. The van der Waals surface area contributed by atoms with Gasteiger partial charge in [0.25, 0.3) is 0 Å². The lowest BCUT2D eigenvalue weighted by Crippen LogP contribution is -2.46. The van der Waals surface area contributed by atoms with Crippen LogP contribution >= 0.6 is 0 Å². The number of hydrogen-bond donors (Lipinski definition) is 1. The van der Waals surface area contributed by atoms with Crippen molar-refractivity contribution in [3.63, 3.8) is 0 Å². The highest BCUT2D eigenvalue weighted by atomic mass is 19.4. The summed E-state index contributed by atoms with van der Waals surface area (Å²) in [6.45, 7) is 4.29. The number of nitrogens with zero attached hydrogens (tertiary/aromatic N) is 2. The number of H-pyrrole nitrogens is 1. The van der Waals surface area contributed by atoms with Crippen LogP contribution < -0.4 is 4.90 Å². The average molecular weight is 405 g/mol. The molecule has 0 saturated carbocycles. The van der Waals surface area contributed by atoms with E-state index in [1.807, 2.05) is 6.20 Å². The van der Waals surface area contributed by atoms with E-state index in [0.717, 1.165) is 79.9 Å². The van der Waals surface area contributed by atoms with Gasteiger partial charge >= 0.3 is 6.18 Å². The van der Waals surface area contributed by atoms with Gasteiger partial charge in [-0.2, -0.15) is 13.2 Å². The van der Waals surface area contributed by atoms with Crippen LogP contribution in [-0.2, 0) is 12.6 Å². The minimum Gasteiger partial charge on any atom is -0.369 e. The zero-order valence-corrected chi connectivity index (χ0v) is 16.0. The number of aromatic amines is 1. The largest absolute Gasteiger partial charge is 0.416 e. The van der Waals surface area contributed by atoms with Gasteiger partial charge in [-0.3, -0.25) is 4.90 Å². The lowest BCUT2D eigenvalue weighted by atomic mass is 10.1. The zero-order chi connectivity index (χ0) is 20.4. The fourth-order valence-electron chi connectivity index (χ4n) is 3.94. The van der Waals surface area contributed by atoms with E-state index in [2.05, 4.69) is 14.8 Å². The molecular weight excluding hydrogens is 382 g/mol. The van der Waals surface area contributed by atoms with Crippen LogP contribution in [0.5, 0.6) is 0 Å². The molecule has 1 fully saturated rings. The van der Waals surface area contributed by atoms with E-state index >= 15 is 0 Å². The van der Waals surface area contributed by atoms with Crippen molar-refractivity contribution in [1.29, 1.82) is 0 Å². The van der Waals surface area contributed by atoms with Crippen LogP contribution in [0.15, 0.2) is 48.7 Å². The van der Waals surface area contributed by atoms with Gasteiger partial charge in [-0.1, -0.05) is 0 Å². The number of piperazine rings is 1. The average Bonchev–Trinajstić information content (AvgIpc) is 3.10. The molecule has 1 N–H and O–H groups in total. The van der Waals surface area contributed by atoms with Gasteiger partial charge in [0.15, 0.2) is 0 Å². The third kappa shape index (κ3) is 4.56. The van der Waals surface area contributed by atoms with E-state index in [4.69, 9.17) is 0 Å². The van der Waals surface area contributed by atoms with Crippen molar-refractivity contribution in [2.45, 2.75) is 19.0 Å². The van der Waals surface area contributed by atoms with Crippen LogP contribution in [-0.4, -0.2) is 42.6 Å². The number of hydrogen-bond acceptors (Lipinski definition) is 2. The van der Waals surface area contributed by atoms with Gasteiger partial charge in [0.2, 0.25) is 0 Å². The molecule has 3 aromatic rings. The molecule has 1 aromatic heterocycles. The molecule has 4 rings (SSSR count). The van der Waals surface area contributed by atoms with E-state index in [-0.39, 0.29) is 5.82 Å². The molecule has 3 nitrogen and oxygen atoms in total. The summed E-state index contributed by atoms with van der Waals surface area (Å²) >= 11 is 0. The zero-order valence-electron chi connectivity index (χ0n) is 16.0. The first-order chi connectivity index (χ1) is 13.9. The number of aromatic nitrogens is 1. The van der Waals surface area contributed by atoms with E-state index in [1.54, 1.807) is 24.3 Å². The molecule has 0 unspecified atom stereocenters. The molecule has 0 aliphatic carbocycles. The highest BCUT2D eigenvalue weighted by Gasteiger charge is 2.30. The van der Waals surface area contributed by atoms with Gasteiger partial charge < -0.3 is 9.88 Å². The number of nitrogens with one attached hydrogen (secondary N) is 1. The Hall–Kier alpha value is -2.54. The van der Waals surface area contributed by atoms with Crippen LogP contribution in [0.25, 0.3) is 10.9 Å². The van der Waals surface area contributed by atoms with Crippen molar-refractivity contribution in [1.82, 2.24) is 9.88 Å². The molecule has 0 atom stereocenters. The fourth-order valence-corrected chi connectivity index (χ4v) is 3.94. The van der Waals surface area contributed by atoms with Crippen molar-refractivity contribution in [3.8, 4) is 0 Å². The predicted molar refractivity (Wildman–Crippen MR) is 107 cm³/mol. The topological polar surface area (TPSA) is 22.3 Å². The molecule has 154 valence electrons. The maximum Gasteiger partial charge on any atom is 0.416 e. The second kappa shape index (κ2) is 8.06. The number of alkyl halides is 3. The van der Waals surface area contributed by atoms with Crippen LogP contribution in [0.3, 0.4) is 0 Å². The first-order valence-electron chi connectivity index (χ1n) is 9.80. The molecule has 0 amide bonds. The third-order valence-corrected chi connectivity index (χ3v) is 5.58. The maximum atomic E-state index is 13.5. The highest BCUT2D eigenvalue weighted by molar-refractivity contribution is 5.83. The predicted octanol–water partition coefficient (Wildman–Crippen LogP) is 5.08. The third-order valence-electron chi connectivity index (χ3n) is 5.58. The summed E-state index contributed by atoms with van der Waals surface area (Å²) in [6, 6.07) is 10.2. The van der Waals surface area contributed by atoms with Crippen molar-refractivity contribution >= 4 is 16.6 Å². The Labute approximate surface area is 166 Å². The van der Waals surface area contributed by atoms with Gasteiger partial charge in [0.05, 0.1) is 5.56 Å². The molecule has 1 aliphatic rings. The molecule has 7 heteroatoms. The summed E-state index contributed by atoms with van der Waals surface area (Å²) in [4.78, 5) is 7.68. The summed E-state index contributed by atoms with van der Waals surface area (Å²) in [5, 5.41) is 0.942. The van der Waals surface area contributed by atoms with Crippen molar-refractivity contribution in [3.05, 3.63) is 65.6 Å². The normalized spacial score (nSPS) is 15.9. The molecule has 29 heavy (non-hydrogen) atoms. The molecular formula is C22H23F4N3. The Balaban J connectivity index is 1.26. The molecule has 2 heterocycles. The van der Waals surface area contributed by atoms with Gasteiger partial charge in [0, 0.05) is 49.0 Å². The van der Waals surface area contributed by atoms with E-state index < -0.39 is 11.7 Å². The Morgan fingerprint density at radius 1 is 0.931 bits per heavy atom. The van der Waals surface area contributed by atoms with Crippen molar-refractivity contribution < 1.29 is 17.6 Å². The van der Waals surface area contributed by atoms with Crippen molar-refractivity contribution in [2.24, 2.45) is 0 Å². The lowest BCUT2D eigenvalue weighted by molar-refractivity contribution is -0.137. The van der Waals surface area contributed by atoms with Gasteiger partial charge in [-0.15, -0.1) is 0 Å². The van der Waals surface area contributed by atoms with Gasteiger partial charge in [-0.25, -0.2) is 4.39 Å². The minimum absolute atomic E-state index is 0.224. The number of fused-ring (bicyclic) bond motifs is 1. The lowest BCUT2D eigenvalue weighted by Gasteiger charge is -2.36. The SMILES string of the molecule is Fc1ccc2[nH]cc(CCCN3CCN(c4ccc(C(F)(F)F)cc4)CC3)c2c1. The molecule has 2 aromatic carbocycles. The highest BCUT2D eigenvalue weighted by Crippen LogP contribution is 2.30. The van der Waals surface area contributed by atoms with Crippen LogP contribution in [0.4, 0.5) is 23.2 Å². The molecule has 0 radical (unpaired) electrons. The fraction of sp³-hybridized carbons (Fsp3) is 0.364. The Morgan fingerprint density at radius 3 is 2.34 bits per heavy atom. The molecule has 1 saturated heterocycles. The molecule has 1 aliphatic heterocycles. The molecule has 0 spiro atoms. The van der Waals surface area contributed by atoms with Crippen LogP contribution in [0.2, 0.25) is 0 Å². The first kappa shape index (κ1) is 19.8. The van der Waals surface area contributed by atoms with Crippen molar-refractivity contribution in [2.75, 3.05) is 37.6 Å². The standard InChI is InChI=1S/C22H23F4N3/c23-18-5-8-21-20(14-18)16(15-27-21)2-1-9-28-10-12-29(13-11-28)19-6-3-17(4-7-19)22(24,25)26/h3-8,14-15,27H,1-2,9-13H2. The van der Waals surface area contributed by atoms with E-state index in [0.29, 0.717) is 0 Å². The summed E-state index contributed by atoms with van der Waals surface area (Å²) in [5.74, 6) is -0.224. The number of rotatable bonds is 5. The number of benzene rings is 2. The maximum absolute atomic E-state index is 13.5. The summed E-state index contributed by atoms with van der Waals surface area (Å²) in [5.41, 5.74) is 2.30.